The Kier molecular flexibility index (Phi) is 2.88. The van der Waals surface area contributed by atoms with E-state index in [0.717, 1.165) is 5.03 Å². The molecule has 1 atom stereocenters. The Balaban J connectivity index is 2.42. The Morgan fingerprint density at radius 1 is 1.27 bits per heavy atom. The topological polar surface area (TPSA) is 0 Å². The van der Waals surface area contributed by atoms with Gasteiger partial charge in [-0.25, -0.2) is 0 Å². The Morgan fingerprint density at radius 3 is 2.60 bits per heavy atom. The zero-order chi connectivity index (χ0) is 11.0. The van der Waals surface area contributed by atoms with Gasteiger partial charge in [0.25, 0.3) is 0 Å². The molecule has 0 N–H and O–H groups in total. The summed E-state index contributed by atoms with van der Waals surface area (Å²) in [5, 5.41) is 0.969. The van der Waals surface area contributed by atoms with Crippen molar-refractivity contribution in [1.82, 2.24) is 0 Å². The van der Waals surface area contributed by atoms with E-state index in [2.05, 4.69) is 45.0 Å². The number of halogens is 1. The number of benzene rings is 1. The number of rotatable bonds is 2. The molecule has 80 valence electrons. The highest BCUT2D eigenvalue weighted by Gasteiger charge is 2.27. The van der Waals surface area contributed by atoms with E-state index in [4.69, 9.17) is 11.6 Å². The first-order chi connectivity index (χ1) is 7.11. The fraction of sp³-hybridized carbons (Fsp3) is 0.429. The first kappa shape index (κ1) is 10.8. The van der Waals surface area contributed by atoms with Gasteiger partial charge >= 0.3 is 0 Å². The molecule has 0 bridgehead atoms. The van der Waals surface area contributed by atoms with E-state index < -0.39 is 0 Å². The van der Waals surface area contributed by atoms with Crippen molar-refractivity contribution in [2.45, 2.75) is 33.1 Å². The van der Waals surface area contributed by atoms with Crippen LogP contribution in [0, 0.1) is 5.92 Å². The van der Waals surface area contributed by atoms with Crippen molar-refractivity contribution in [2.24, 2.45) is 5.92 Å². The van der Waals surface area contributed by atoms with Crippen LogP contribution >= 0.6 is 11.6 Å². The molecule has 15 heavy (non-hydrogen) atoms. The molecule has 1 heteroatoms. The van der Waals surface area contributed by atoms with Gasteiger partial charge in [0.2, 0.25) is 0 Å². The third kappa shape index (κ3) is 1.83. The van der Waals surface area contributed by atoms with Crippen LogP contribution in [0.1, 0.15) is 44.2 Å². The van der Waals surface area contributed by atoms with E-state index in [-0.39, 0.29) is 0 Å². The van der Waals surface area contributed by atoms with E-state index in [0.29, 0.717) is 11.8 Å². The largest absolute Gasteiger partial charge is 0.0837 e. The van der Waals surface area contributed by atoms with Crippen LogP contribution in [0.3, 0.4) is 0 Å². The zero-order valence-corrected chi connectivity index (χ0v) is 10.3. The molecule has 1 aliphatic carbocycles. The highest BCUT2D eigenvalue weighted by Crippen LogP contribution is 2.46. The number of allylic oxidation sites excluding steroid dienone is 1. The molecule has 0 spiro atoms. The predicted octanol–water partition coefficient (Wildman–Crippen LogP) is 4.80. The van der Waals surface area contributed by atoms with Gasteiger partial charge in [0, 0.05) is 11.0 Å². The summed E-state index contributed by atoms with van der Waals surface area (Å²) < 4.78 is 0. The fourth-order valence-corrected chi connectivity index (χ4v) is 2.68. The first-order valence-corrected chi connectivity index (χ1v) is 5.94. The molecule has 0 amide bonds. The van der Waals surface area contributed by atoms with Crippen LogP contribution in [0.2, 0.25) is 0 Å². The molecule has 0 nitrogen and oxygen atoms in total. The highest BCUT2D eigenvalue weighted by molar-refractivity contribution is 6.50. The van der Waals surface area contributed by atoms with Crippen molar-refractivity contribution >= 4 is 16.6 Å². The van der Waals surface area contributed by atoms with Crippen LogP contribution in [0.15, 0.2) is 29.8 Å². The Labute approximate surface area is 97.0 Å². The lowest BCUT2D eigenvalue weighted by molar-refractivity contribution is 0.541. The molecule has 0 heterocycles. The Bertz CT molecular complexity index is 402. The zero-order valence-electron chi connectivity index (χ0n) is 9.55. The summed E-state index contributed by atoms with van der Waals surface area (Å²) in [7, 11) is 0. The molecule has 1 aromatic rings. The van der Waals surface area contributed by atoms with Gasteiger partial charge in [-0.05, 0) is 36.0 Å². The maximum Gasteiger partial charge on any atom is 0.0476 e. The quantitative estimate of drug-likeness (QED) is 0.672. The molecule has 0 saturated heterocycles. The van der Waals surface area contributed by atoms with Crippen LogP contribution < -0.4 is 0 Å². The number of fused-ring (bicyclic) bond motifs is 1. The van der Waals surface area contributed by atoms with Crippen LogP contribution in [0.5, 0.6) is 0 Å². The smallest absolute Gasteiger partial charge is 0.0476 e. The van der Waals surface area contributed by atoms with Crippen molar-refractivity contribution in [3.05, 3.63) is 41.0 Å². The van der Waals surface area contributed by atoms with Crippen LogP contribution in [0.25, 0.3) is 5.03 Å². The Morgan fingerprint density at radius 2 is 1.93 bits per heavy atom. The molecule has 1 aromatic carbocycles. The minimum atomic E-state index is 0.536. The molecular formula is C14H17Cl. The van der Waals surface area contributed by atoms with E-state index >= 15 is 0 Å². The minimum Gasteiger partial charge on any atom is -0.0837 e. The van der Waals surface area contributed by atoms with Gasteiger partial charge in [-0.15, -0.1) is 0 Å². The number of hydrogen-bond donors (Lipinski definition) is 0. The maximum absolute atomic E-state index is 6.35. The first-order valence-electron chi connectivity index (χ1n) is 5.56. The molecule has 0 saturated carbocycles. The van der Waals surface area contributed by atoms with Gasteiger partial charge in [-0.2, -0.15) is 0 Å². The molecular weight excluding hydrogens is 204 g/mol. The SMILES string of the molecule is CC1=C(Cl)c2ccccc2C1CC(C)C. The second-order valence-corrected chi connectivity index (χ2v) is 5.14. The molecule has 0 aromatic heterocycles. The number of hydrogen-bond acceptors (Lipinski definition) is 0. The normalized spacial score (nSPS) is 19.9. The van der Waals surface area contributed by atoms with Gasteiger partial charge in [0.05, 0.1) is 0 Å². The second kappa shape index (κ2) is 4.02. The molecule has 1 unspecified atom stereocenters. The van der Waals surface area contributed by atoms with Crippen LogP contribution in [-0.2, 0) is 0 Å². The maximum atomic E-state index is 6.35. The average Bonchev–Trinajstić information content (AvgIpc) is 2.44. The summed E-state index contributed by atoms with van der Waals surface area (Å²) in [5.74, 6) is 1.24. The Hall–Kier alpha value is -0.750. The lowest BCUT2D eigenvalue weighted by Crippen LogP contribution is -2.01. The van der Waals surface area contributed by atoms with Crippen LogP contribution in [-0.4, -0.2) is 0 Å². The minimum absolute atomic E-state index is 0.536. The van der Waals surface area contributed by atoms with Crippen molar-refractivity contribution in [2.75, 3.05) is 0 Å². The van der Waals surface area contributed by atoms with Gasteiger partial charge in [-0.3, -0.25) is 0 Å². The van der Waals surface area contributed by atoms with Gasteiger partial charge in [0.1, 0.15) is 0 Å². The summed E-state index contributed by atoms with van der Waals surface area (Å²) in [5.41, 5.74) is 3.99. The average molecular weight is 221 g/mol. The van der Waals surface area contributed by atoms with Crippen molar-refractivity contribution in [3.8, 4) is 0 Å². The van der Waals surface area contributed by atoms with E-state index in [9.17, 15) is 0 Å². The molecule has 0 fully saturated rings. The van der Waals surface area contributed by atoms with Crippen molar-refractivity contribution in [3.63, 3.8) is 0 Å². The highest BCUT2D eigenvalue weighted by atomic mass is 35.5. The fourth-order valence-electron chi connectivity index (χ4n) is 2.37. The summed E-state index contributed by atoms with van der Waals surface area (Å²) in [4.78, 5) is 0. The lowest BCUT2D eigenvalue weighted by atomic mass is 9.88. The van der Waals surface area contributed by atoms with Gasteiger partial charge in [-0.1, -0.05) is 49.7 Å². The summed E-state index contributed by atoms with van der Waals surface area (Å²) in [6.45, 7) is 6.69. The standard InChI is InChI=1S/C14H17Cl/c1-9(2)8-13-10(3)14(15)12-7-5-4-6-11(12)13/h4-7,9,13H,8H2,1-3H3. The summed E-state index contributed by atoms with van der Waals surface area (Å²) in [6.07, 6.45) is 1.19. The van der Waals surface area contributed by atoms with Gasteiger partial charge in [0.15, 0.2) is 0 Å². The van der Waals surface area contributed by atoms with E-state index in [1.54, 1.807) is 0 Å². The third-order valence-corrected chi connectivity index (χ3v) is 3.65. The molecule has 0 radical (unpaired) electrons. The summed E-state index contributed by atoms with van der Waals surface area (Å²) >= 11 is 6.35. The van der Waals surface area contributed by atoms with E-state index in [1.165, 1.54) is 23.1 Å². The van der Waals surface area contributed by atoms with E-state index in [1.807, 2.05) is 0 Å². The van der Waals surface area contributed by atoms with Gasteiger partial charge < -0.3 is 0 Å². The predicted molar refractivity (Wildman–Crippen MR) is 67.1 cm³/mol. The third-order valence-electron chi connectivity index (χ3n) is 3.15. The molecule has 1 aliphatic rings. The lowest BCUT2D eigenvalue weighted by Gasteiger charge is -2.16. The second-order valence-electron chi connectivity index (χ2n) is 4.77. The molecule has 0 aliphatic heterocycles. The van der Waals surface area contributed by atoms with Crippen molar-refractivity contribution < 1.29 is 0 Å². The van der Waals surface area contributed by atoms with Crippen molar-refractivity contribution in [1.29, 1.82) is 0 Å². The molecule has 2 rings (SSSR count). The summed E-state index contributed by atoms with van der Waals surface area (Å²) in [6, 6.07) is 8.50. The van der Waals surface area contributed by atoms with Crippen LogP contribution in [0.4, 0.5) is 0 Å². The monoisotopic (exact) mass is 220 g/mol.